The summed E-state index contributed by atoms with van der Waals surface area (Å²) in [5.41, 5.74) is 1.40. The molecule has 1 amide bonds. The van der Waals surface area contributed by atoms with Gasteiger partial charge in [-0.25, -0.2) is 13.1 Å². The molecule has 0 spiro atoms. The zero-order valence-electron chi connectivity index (χ0n) is 14.0. The number of hydrogen-bond donors (Lipinski definition) is 2. The summed E-state index contributed by atoms with van der Waals surface area (Å²) in [6.45, 7) is 2.41. The third-order valence-corrected chi connectivity index (χ3v) is 5.28. The number of amides is 1. The maximum Gasteiger partial charge on any atom is 0.240 e. The summed E-state index contributed by atoms with van der Waals surface area (Å²) >= 11 is 5.81. The van der Waals surface area contributed by atoms with Crippen molar-refractivity contribution in [2.45, 2.75) is 31.1 Å². The molecule has 0 bridgehead atoms. The first-order valence-electron chi connectivity index (χ1n) is 8.05. The molecule has 2 aromatic rings. The van der Waals surface area contributed by atoms with Crippen LogP contribution in [0.1, 0.15) is 25.3 Å². The van der Waals surface area contributed by atoms with Crippen LogP contribution in [-0.4, -0.2) is 20.9 Å². The third kappa shape index (κ3) is 6.16. The highest BCUT2D eigenvalue weighted by atomic mass is 35.5. The van der Waals surface area contributed by atoms with Crippen LogP contribution in [0, 0.1) is 0 Å². The smallest absolute Gasteiger partial charge is 0.240 e. The minimum absolute atomic E-state index is 0.180. The van der Waals surface area contributed by atoms with Crippen LogP contribution in [0.2, 0.25) is 5.02 Å². The van der Waals surface area contributed by atoms with E-state index in [-0.39, 0.29) is 17.2 Å². The van der Waals surface area contributed by atoms with Crippen molar-refractivity contribution in [2.75, 3.05) is 11.9 Å². The number of hydrogen-bond acceptors (Lipinski definition) is 3. The van der Waals surface area contributed by atoms with Gasteiger partial charge in [0.1, 0.15) is 0 Å². The highest BCUT2D eigenvalue weighted by Gasteiger charge is 2.13. The van der Waals surface area contributed by atoms with Crippen molar-refractivity contribution in [2.24, 2.45) is 0 Å². The molecule has 0 aromatic heterocycles. The van der Waals surface area contributed by atoms with Crippen molar-refractivity contribution in [3.05, 3.63) is 59.1 Å². The van der Waals surface area contributed by atoms with Crippen molar-refractivity contribution in [3.8, 4) is 0 Å². The van der Waals surface area contributed by atoms with E-state index < -0.39 is 10.0 Å². The topological polar surface area (TPSA) is 75.3 Å². The molecule has 7 heteroatoms. The van der Waals surface area contributed by atoms with Gasteiger partial charge >= 0.3 is 0 Å². The Morgan fingerprint density at radius 2 is 1.68 bits per heavy atom. The minimum atomic E-state index is -3.51. The van der Waals surface area contributed by atoms with Gasteiger partial charge in [0, 0.05) is 17.3 Å². The summed E-state index contributed by atoms with van der Waals surface area (Å²) in [6, 6.07) is 13.2. The second-order valence-corrected chi connectivity index (χ2v) is 7.83. The molecule has 25 heavy (non-hydrogen) atoms. The lowest BCUT2D eigenvalue weighted by Crippen LogP contribution is -2.24. The van der Waals surface area contributed by atoms with Crippen LogP contribution in [-0.2, 0) is 21.2 Å². The second-order valence-electron chi connectivity index (χ2n) is 5.63. The highest BCUT2D eigenvalue weighted by molar-refractivity contribution is 7.89. The molecule has 0 atom stereocenters. The number of carbonyl (C=O) groups is 1. The summed E-state index contributed by atoms with van der Waals surface area (Å²) in [5, 5.41) is 3.37. The number of nitrogens with one attached hydrogen (secondary N) is 2. The fourth-order valence-electron chi connectivity index (χ4n) is 2.18. The Kier molecular flexibility index (Phi) is 6.99. The maximum absolute atomic E-state index is 12.1. The molecule has 2 aromatic carbocycles. The molecule has 5 nitrogen and oxygen atoms in total. The number of unbranched alkanes of at least 4 members (excludes halogenated alkanes) is 1. The molecule has 0 aliphatic carbocycles. The Morgan fingerprint density at radius 1 is 1.04 bits per heavy atom. The van der Waals surface area contributed by atoms with Gasteiger partial charge in [0.25, 0.3) is 0 Å². The van der Waals surface area contributed by atoms with E-state index in [2.05, 4.69) is 10.0 Å². The van der Waals surface area contributed by atoms with E-state index in [9.17, 15) is 13.2 Å². The number of sulfonamides is 1. The second kappa shape index (κ2) is 8.99. The summed E-state index contributed by atoms with van der Waals surface area (Å²) in [4.78, 5) is 12.2. The molecule has 0 fully saturated rings. The van der Waals surface area contributed by atoms with Crippen LogP contribution < -0.4 is 10.0 Å². The molecule has 0 aliphatic rings. The number of halogens is 1. The first-order chi connectivity index (χ1) is 11.9. The number of anilines is 1. The lowest BCUT2D eigenvalue weighted by atomic mass is 10.1. The van der Waals surface area contributed by atoms with Crippen LogP contribution in [0.5, 0.6) is 0 Å². The lowest BCUT2D eigenvalue weighted by Gasteiger charge is -2.08. The fraction of sp³-hybridized carbons (Fsp3) is 0.278. The van der Waals surface area contributed by atoms with Gasteiger partial charge in [-0.2, -0.15) is 0 Å². The van der Waals surface area contributed by atoms with E-state index in [0.29, 0.717) is 17.3 Å². The van der Waals surface area contributed by atoms with Gasteiger partial charge in [0.05, 0.1) is 11.3 Å². The van der Waals surface area contributed by atoms with Crippen LogP contribution in [0.15, 0.2) is 53.4 Å². The van der Waals surface area contributed by atoms with E-state index in [4.69, 9.17) is 11.6 Å². The van der Waals surface area contributed by atoms with E-state index in [0.717, 1.165) is 18.4 Å². The van der Waals surface area contributed by atoms with Gasteiger partial charge in [0.15, 0.2) is 0 Å². The molecular formula is C18H21ClN2O3S. The zero-order chi connectivity index (χ0) is 18.3. The third-order valence-electron chi connectivity index (χ3n) is 3.55. The fourth-order valence-corrected chi connectivity index (χ4v) is 3.38. The number of carbonyl (C=O) groups excluding carboxylic acids is 1. The number of benzene rings is 2. The van der Waals surface area contributed by atoms with Crippen LogP contribution >= 0.6 is 11.6 Å². The van der Waals surface area contributed by atoms with Gasteiger partial charge in [-0.1, -0.05) is 37.1 Å². The molecule has 0 radical (unpaired) electrons. The minimum Gasteiger partial charge on any atom is -0.326 e. The molecule has 0 unspecified atom stereocenters. The number of rotatable bonds is 8. The van der Waals surface area contributed by atoms with Crippen molar-refractivity contribution >= 4 is 33.2 Å². The highest BCUT2D eigenvalue weighted by Crippen LogP contribution is 2.15. The van der Waals surface area contributed by atoms with E-state index in [1.165, 1.54) is 12.1 Å². The quantitative estimate of drug-likeness (QED) is 0.687. The SMILES string of the molecule is CCCCNS(=O)(=O)c1ccc(NC(=O)Cc2ccc(Cl)cc2)cc1. The van der Waals surface area contributed by atoms with Gasteiger partial charge < -0.3 is 5.32 Å². The van der Waals surface area contributed by atoms with Crippen molar-refractivity contribution in [3.63, 3.8) is 0 Å². The predicted molar refractivity (Wildman–Crippen MR) is 100 cm³/mol. The van der Waals surface area contributed by atoms with Crippen LogP contribution in [0.3, 0.4) is 0 Å². The molecular weight excluding hydrogens is 360 g/mol. The lowest BCUT2D eigenvalue weighted by molar-refractivity contribution is -0.115. The molecule has 0 heterocycles. The Morgan fingerprint density at radius 3 is 2.28 bits per heavy atom. The molecule has 0 aliphatic heterocycles. The summed E-state index contributed by atoms with van der Waals surface area (Å²) in [7, 11) is -3.51. The van der Waals surface area contributed by atoms with Crippen LogP contribution in [0.25, 0.3) is 0 Å². The Labute approximate surface area is 153 Å². The maximum atomic E-state index is 12.1. The van der Waals surface area contributed by atoms with Gasteiger partial charge in [-0.15, -0.1) is 0 Å². The van der Waals surface area contributed by atoms with Gasteiger partial charge in [-0.05, 0) is 48.4 Å². The van der Waals surface area contributed by atoms with E-state index in [1.54, 1.807) is 36.4 Å². The Balaban J connectivity index is 1.95. The average Bonchev–Trinajstić information content (AvgIpc) is 2.57. The normalized spacial score (nSPS) is 11.3. The van der Waals surface area contributed by atoms with Gasteiger partial charge in [-0.3, -0.25) is 4.79 Å². The van der Waals surface area contributed by atoms with Gasteiger partial charge in [0.2, 0.25) is 15.9 Å². The summed E-state index contributed by atoms with van der Waals surface area (Å²) in [5.74, 6) is -0.181. The predicted octanol–water partition coefficient (Wildman–Crippen LogP) is 3.60. The first kappa shape index (κ1) is 19.4. The van der Waals surface area contributed by atoms with Crippen molar-refractivity contribution < 1.29 is 13.2 Å². The van der Waals surface area contributed by atoms with Crippen molar-refractivity contribution in [1.82, 2.24) is 4.72 Å². The molecule has 0 saturated carbocycles. The average molecular weight is 381 g/mol. The first-order valence-corrected chi connectivity index (χ1v) is 9.91. The summed E-state index contributed by atoms with van der Waals surface area (Å²) < 4.78 is 26.7. The monoisotopic (exact) mass is 380 g/mol. The molecule has 2 rings (SSSR count). The Hall–Kier alpha value is -1.89. The van der Waals surface area contributed by atoms with Crippen molar-refractivity contribution in [1.29, 1.82) is 0 Å². The van der Waals surface area contributed by atoms with E-state index >= 15 is 0 Å². The Bertz CT molecular complexity index is 803. The van der Waals surface area contributed by atoms with Crippen LogP contribution in [0.4, 0.5) is 5.69 Å². The van der Waals surface area contributed by atoms with E-state index in [1.807, 2.05) is 6.92 Å². The molecule has 0 saturated heterocycles. The molecule has 2 N–H and O–H groups in total. The largest absolute Gasteiger partial charge is 0.326 e. The summed E-state index contributed by atoms with van der Waals surface area (Å²) in [6.07, 6.45) is 1.93. The standard InChI is InChI=1S/C18H21ClN2O3S/c1-2-3-12-20-25(23,24)17-10-8-16(9-11-17)21-18(22)13-14-4-6-15(19)7-5-14/h4-11,20H,2-3,12-13H2,1H3,(H,21,22). The molecule has 134 valence electrons. The zero-order valence-corrected chi connectivity index (χ0v) is 15.5.